The molecule has 1 aliphatic heterocycles. The first-order valence-corrected chi connectivity index (χ1v) is 15.0. The summed E-state index contributed by atoms with van der Waals surface area (Å²) in [7, 11) is 0. The molecular weight excluding hydrogens is 542 g/mol. The van der Waals surface area contributed by atoms with Crippen LogP contribution in [0.5, 0.6) is 5.75 Å². The Morgan fingerprint density at radius 1 is 0.952 bits per heavy atom. The number of nitrogens with zero attached hydrogens (tertiary/aromatic N) is 1. The second kappa shape index (κ2) is 18.2. The Labute approximate surface area is 249 Å². The summed E-state index contributed by atoms with van der Waals surface area (Å²) < 4.78 is 21.6. The molecule has 0 spiro atoms. The molecule has 1 heterocycles. The number of carbonyl (C=O) groups is 5. The van der Waals surface area contributed by atoms with Crippen LogP contribution in [0.25, 0.3) is 0 Å². The zero-order valence-electron chi connectivity index (χ0n) is 25.6. The first-order valence-electron chi connectivity index (χ1n) is 15.0. The lowest BCUT2D eigenvalue weighted by Crippen LogP contribution is -2.44. The van der Waals surface area contributed by atoms with Gasteiger partial charge in [-0.1, -0.05) is 31.5 Å². The van der Waals surface area contributed by atoms with Crippen molar-refractivity contribution in [1.29, 1.82) is 0 Å². The van der Waals surface area contributed by atoms with Gasteiger partial charge in [0.05, 0.1) is 11.3 Å². The molecule has 0 aromatic heterocycles. The van der Waals surface area contributed by atoms with Crippen molar-refractivity contribution < 1.29 is 42.9 Å². The van der Waals surface area contributed by atoms with Gasteiger partial charge >= 0.3 is 17.9 Å². The lowest BCUT2D eigenvalue weighted by Gasteiger charge is -2.36. The quantitative estimate of drug-likeness (QED) is 0.104. The van der Waals surface area contributed by atoms with Gasteiger partial charge in [-0.2, -0.15) is 0 Å². The molecule has 0 N–H and O–H groups in total. The Morgan fingerprint density at radius 2 is 1.64 bits per heavy atom. The number of hydrogen-bond acceptors (Lipinski definition) is 9. The Morgan fingerprint density at radius 3 is 2.33 bits per heavy atom. The monoisotopic (exact) mass is 589 g/mol. The zero-order valence-corrected chi connectivity index (χ0v) is 25.6. The Hall–Kier alpha value is -3.43. The number of hydrogen-bond donors (Lipinski definition) is 0. The molecule has 10 heteroatoms. The van der Waals surface area contributed by atoms with Crippen LogP contribution in [0.3, 0.4) is 0 Å². The van der Waals surface area contributed by atoms with Gasteiger partial charge in [0.25, 0.3) is 0 Å². The van der Waals surface area contributed by atoms with Crippen molar-refractivity contribution in [2.45, 2.75) is 91.5 Å². The molecule has 1 saturated heterocycles. The number of esters is 3. The summed E-state index contributed by atoms with van der Waals surface area (Å²) in [5, 5.41) is 0. The SMILES string of the molecule is CCC(CCC(C)(CC(C)N1CCCCCC1=O)C(=O)OCCOC(=O)CC(C)=O)C(=O)OCCOc1ccccc1. The second-order valence-electron chi connectivity index (χ2n) is 11.2. The van der Waals surface area contributed by atoms with Gasteiger partial charge in [0.1, 0.15) is 44.4 Å². The number of carbonyl (C=O) groups excluding carboxylic acids is 5. The molecule has 42 heavy (non-hydrogen) atoms. The summed E-state index contributed by atoms with van der Waals surface area (Å²) in [5.74, 6) is -1.46. The highest BCUT2D eigenvalue weighted by molar-refractivity contribution is 5.94. The third-order valence-corrected chi connectivity index (χ3v) is 7.56. The van der Waals surface area contributed by atoms with Gasteiger partial charge in [-0.25, -0.2) is 0 Å². The Balaban J connectivity index is 2.00. The molecule has 0 bridgehead atoms. The highest BCUT2D eigenvalue weighted by atomic mass is 16.6. The van der Waals surface area contributed by atoms with Crippen molar-refractivity contribution in [2.75, 3.05) is 33.0 Å². The zero-order chi connectivity index (χ0) is 31.0. The average Bonchev–Trinajstić information content (AvgIpc) is 3.18. The van der Waals surface area contributed by atoms with E-state index in [4.69, 9.17) is 18.9 Å². The minimum atomic E-state index is -1.00. The van der Waals surface area contributed by atoms with E-state index in [1.165, 1.54) is 6.92 Å². The van der Waals surface area contributed by atoms with Crippen LogP contribution >= 0.6 is 0 Å². The molecule has 0 radical (unpaired) electrons. The van der Waals surface area contributed by atoms with Gasteiger partial charge < -0.3 is 23.8 Å². The lowest BCUT2D eigenvalue weighted by molar-refractivity contribution is -0.162. The highest BCUT2D eigenvalue weighted by Gasteiger charge is 2.39. The van der Waals surface area contributed by atoms with Crippen LogP contribution in [0, 0.1) is 11.3 Å². The molecule has 1 amide bonds. The second-order valence-corrected chi connectivity index (χ2v) is 11.2. The van der Waals surface area contributed by atoms with E-state index >= 15 is 0 Å². The molecule has 1 aliphatic rings. The maximum absolute atomic E-state index is 13.4. The van der Waals surface area contributed by atoms with E-state index in [0.29, 0.717) is 44.4 Å². The average molecular weight is 590 g/mol. The van der Waals surface area contributed by atoms with Crippen LogP contribution in [0.4, 0.5) is 0 Å². The first-order chi connectivity index (χ1) is 20.1. The summed E-state index contributed by atoms with van der Waals surface area (Å²) in [6.07, 6.45) is 4.57. The first kappa shape index (κ1) is 34.8. The van der Waals surface area contributed by atoms with E-state index in [-0.39, 0.29) is 56.5 Å². The van der Waals surface area contributed by atoms with Gasteiger partial charge in [-0.3, -0.25) is 24.0 Å². The van der Waals surface area contributed by atoms with Gasteiger partial charge in [0, 0.05) is 19.0 Å². The van der Waals surface area contributed by atoms with Crippen LogP contribution in [0.15, 0.2) is 30.3 Å². The summed E-state index contributed by atoms with van der Waals surface area (Å²) >= 11 is 0. The molecule has 234 valence electrons. The smallest absolute Gasteiger partial charge is 0.313 e. The Kier molecular flexibility index (Phi) is 15.1. The normalized spacial score (nSPS) is 16.4. The fourth-order valence-corrected chi connectivity index (χ4v) is 5.16. The summed E-state index contributed by atoms with van der Waals surface area (Å²) in [6, 6.07) is 9.06. The van der Waals surface area contributed by atoms with E-state index in [9.17, 15) is 24.0 Å². The fourth-order valence-electron chi connectivity index (χ4n) is 5.16. The van der Waals surface area contributed by atoms with E-state index in [0.717, 1.165) is 19.3 Å². The molecule has 3 atom stereocenters. The summed E-state index contributed by atoms with van der Waals surface area (Å²) in [4.78, 5) is 63.6. The number of para-hydroxylation sites is 1. The van der Waals surface area contributed by atoms with Crippen molar-refractivity contribution >= 4 is 29.6 Å². The number of ketones is 1. The van der Waals surface area contributed by atoms with Crippen molar-refractivity contribution in [3.05, 3.63) is 30.3 Å². The number of amides is 1. The largest absolute Gasteiger partial charge is 0.490 e. The van der Waals surface area contributed by atoms with Crippen molar-refractivity contribution in [2.24, 2.45) is 11.3 Å². The van der Waals surface area contributed by atoms with Gasteiger partial charge in [-0.15, -0.1) is 0 Å². The van der Waals surface area contributed by atoms with E-state index < -0.39 is 23.3 Å². The molecule has 10 nitrogen and oxygen atoms in total. The van der Waals surface area contributed by atoms with Crippen LogP contribution in [0.1, 0.15) is 85.5 Å². The van der Waals surface area contributed by atoms with Gasteiger partial charge in [0.15, 0.2) is 0 Å². The van der Waals surface area contributed by atoms with E-state index in [1.54, 1.807) is 6.92 Å². The fraction of sp³-hybridized carbons (Fsp3) is 0.656. The number of rotatable bonds is 18. The molecule has 1 aromatic rings. The molecule has 1 aromatic carbocycles. The predicted molar refractivity (Wildman–Crippen MR) is 155 cm³/mol. The van der Waals surface area contributed by atoms with Crippen LogP contribution in [-0.4, -0.2) is 73.5 Å². The number of ether oxygens (including phenoxy) is 4. The summed E-state index contributed by atoms with van der Waals surface area (Å²) in [6.45, 7) is 7.59. The third kappa shape index (κ3) is 12.2. The van der Waals surface area contributed by atoms with E-state index in [2.05, 4.69) is 0 Å². The molecular formula is C32H47NO9. The molecule has 2 rings (SSSR count). The van der Waals surface area contributed by atoms with Crippen molar-refractivity contribution in [3.63, 3.8) is 0 Å². The molecule has 1 fully saturated rings. The van der Waals surface area contributed by atoms with Crippen LogP contribution in [0.2, 0.25) is 0 Å². The predicted octanol–water partition coefficient (Wildman–Crippen LogP) is 4.67. The van der Waals surface area contributed by atoms with Crippen LogP contribution in [-0.2, 0) is 38.2 Å². The molecule has 0 saturated carbocycles. The summed E-state index contributed by atoms with van der Waals surface area (Å²) in [5.41, 5.74) is -1.00. The molecule has 0 aliphatic carbocycles. The van der Waals surface area contributed by atoms with Crippen molar-refractivity contribution in [3.8, 4) is 5.75 Å². The minimum absolute atomic E-state index is 0.0841. The topological polar surface area (TPSA) is 126 Å². The van der Waals surface area contributed by atoms with Gasteiger partial charge in [0.2, 0.25) is 5.91 Å². The Bertz CT molecular complexity index is 1030. The number of benzene rings is 1. The maximum Gasteiger partial charge on any atom is 0.313 e. The third-order valence-electron chi connectivity index (χ3n) is 7.56. The standard InChI is InChI=1S/C32H47NO9/c1-5-26(30(37)41-20-18-39-27-12-8-6-9-13-27)15-16-32(4,23-24(2)33-17-11-7-10-14-28(33)35)31(38)42-21-19-40-29(36)22-25(3)34/h6,8-9,12-13,24,26H,5,7,10-11,14-23H2,1-4H3. The lowest BCUT2D eigenvalue weighted by atomic mass is 9.77. The molecule has 3 unspecified atom stereocenters. The highest BCUT2D eigenvalue weighted by Crippen LogP contribution is 2.35. The van der Waals surface area contributed by atoms with Gasteiger partial charge in [-0.05, 0) is 71.4 Å². The minimum Gasteiger partial charge on any atom is -0.490 e. The van der Waals surface area contributed by atoms with Crippen molar-refractivity contribution in [1.82, 2.24) is 4.90 Å². The number of likely N-dealkylation sites (tertiary alicyclic amines) is 1. The maximum atomic E-state index is 13.4. The van der Waals surface area contributed by atoms with Crippen LogP contribution < -0.4 is 4.74 Å². The number of Topliss-reactive ketones (excluding diaryl/α,β-unsaturated/α-hetero) is 1. The van der Waals surface area contributed by atoms with E-state index in [1.807, 2.05) is 49.1 Å².